The number of rotatable bonds is 4. The zero-order valence-electron chi connectivity index (χ0n) is 10.5. The van der Waals surface area contributed by atoms with E-state index in [0.29, 0.717) is 5.69 Å². The predicted octanol–water partition coefficient (Wildman–Crippen LogP) is 2.76. The van der Waals surface area contributed by atoms with Crippen molar-refractivity contribution in [1.29, 1.82) is 0 Å². The Hall–Kier alpha value is -2.10. The van der Waals surface area contributed by atoms with Gasteiger partial charge in [-0.3, -0.25) is 9.48 Å². The van der Waals surface area contributed by atoms with Gasteiger partial charge < -0.3 is 5.11 Å². The molecule has 0 bridgehead atoms. The average Bonchev–Trinajstić information content (AvgIpc) is 2.82. The summed E-state index contributed by atoms with van der Waals surface area (Å²) in [5.74, 6) is -1.43. The van der Waals surface area contributed by atoms with Crippen LogP contribution in [-0.4, -0.2) is 20.9 Å². The van der Waals surface area contributed by atoms with Crippen molar-refractivity contribution in [1.82, 2.24) is 9.78 Å². The van der Waals surface area contributed by atoms with Crippen LogP contribution < -0.4 is 0 Å². The lowest BCUT2D eigenvalue weighted by Crippen LogP contribution is -2.08. The monoisotopic (exact) mass is 244 g/mol. The Morgan fingerprint density at radius 2 is 2.06 bits per heavy atom. The number of benzene rings is 1. The van der Waals surface area contributed by atoms with Crippen LogP contribution in [0.5, 0.6) is 0 Å². The fourth-order valence-electron chi connectivity index (χ4n) is 1.86. The molecule has 0 aliphatic carbocycles. The van der Waals surface area contributed by atoms with Gasteiger partial charge in [0.15, 0.2) is 0 Å². The van der Waals surface area contributed by atoms with Crippen LogP contribution in [0.3, 0.4) is 0 Å². The number of carbonyl (C=O) groups is 1. The van der Waals surface area contributed by atoms with Gasteiger partial charge in [0.05, 0.1) is 17.3 Å². The highest BCUT2D eigenvalue weighted by atomic mass is 16.4. The third-order valence-electron chi connectivity index (χ3n) is 2.98. The van der Waals surface area contributed by atoms with Gasteiger partial charge in [0.2, 0.25) is 0 Å². The largest absolute Gasteiger partial charge is 0.481 e. The van der Waals surface area contributed by atoms with Crippen molar-refractivity contribution < 1.29 is 9.90 Å². The Kier molecular flexibility index (Phi) is 3.46. The Morgan fingerprint density at radius 1 is 1.39 bits per heavy atom. The summed E-state index contributed by atoms with van der Waals surface area (Å²) in [7, 11) is 0. The van der Waals surface area contributed by atoms with E-state index in [-0.39, 0.29) is 0 Å². The topological polar surface area (TPSA) is 55.1 Å². The standard InChI is InChI=1S/C14H16N2O2/c1-3-16-13(11-7-5-4-6-8-11)9-12(15-16)10(2)14(17)18/h4-10H,3H2,1-2H3,(H,17,18). The van der Waals surface area contributed by atoms with Crippen molar-refractivity contribution in [3.05, 3.63) is 42.1 Å². The number of nitrogens with zero attached hydrogens (tertiary/aromatic N) is 2. The molecule has 0 amide bonds. The van der Waals surface area contributed by atoms with Gasteiger partial charge in [-0.15, -0.1) is 0 Å². The summed E-state index contributed by atoms with van der Waals surface area (Å²) < 4.78 is 1.84. The van der Waals surface area contributed by atoms with Crippen LogP contribution in [-0.2, 0) is 11.3 Å². The first kappa shape index (κ1) is 12.4. The molecule has 0 spiro atoms. The molecule has 0 fully saturated rings. The molecular weight excluding hydrogens is 228 g/mol. The maximum absolute atomic E-state index is 11.0. The summed E-state index contributed by atoms with van der Waals surface area (Å²) >= 11 is 0. The molecule has 4 heteroatoms. The van der Waals surface area contributed by atoms with E-state index in [9.17, 15) is 4.79 Å². The van der Waals surface area contributed by atoms with E-state index in [1.165, 1.54) is 0 Å². The summed E-state index contributed by atoms with van der Waals surface area (Å²) in [6.45, 7) is 4.37. The quantitative estimate of drug-likeness (QED) is 0.899. The highest BCUT2D eigenvalue weighted by Gasteiger charge is 2.19. The second-order valence-corrected chi connectivity index (χ2v) is 4.20. The van der Waals surface area contributed by atoms with Gasteiger partial charge in [-0.05, 0) is 25.5 Å². The van der Waals surface area contributed by atoms with E-state index in [1.54, 1.807) is 6.92 Å². The zero-order chi connectivity index (χ0) is 13.1. The molecule has 0 saturated carbocycles. The summed E-state index contributed by atoms with van der Waals surface area (Å²) in [5.41, 5.74) is 2.61. The number of hydrogen-bond donors (Lipinski definition) is 1. The Morgan fingerprint density at radius 3 is 2.61 bits per heavy atom. The smallest absolute Gasteiger partial charge is 0.312 e. The molecule has 4 nitrogen and oxygen atoms in total. The average molecular weight is 244 g/mol. The van der Waals surface area contributed by atoms with Gasteiger partial charge >= 0.3 is 5.97 Å². The molecule has 94 valence electrons. The minimum absolute atomic E-state index is 0.583. The Balaban J connectivity index is 2.45. The third kappa shape index (κ3) is 2.27. The number of hydrogen-bond acceptors (Lipinski definition) is 2. The maximum atomic E-state index is 11.0. The highest BCUT2D eigenvalue weighted by molar-refractivity contribution is 5.75. The van der Waals surface area contributed by atoms with Gasteiger partial charge in [0.1, 0.15) is 0 Å². The highest BCUT2D eigenvalue weighted by Crippen LogP contribution is 2.24. The first-order chi connectivity index (χ1) is 8.63. The van der Waals surface area contributed by atoms with Crippen LogP contribution in [0.15, 0.2) is 36.4 Å². The second kappa shape index (κ2) is 5.04. The zero-order valence-corrected chi connectivity index (χ0v) is 10.5. The molecule has 2 rings (SSSR count). The Labute approximate surface area is 106 Å². The molecule has 0 saturated heterocycles. The van der Waals surface area contributed by atoms with Crippen LogP contribution in [0.2, 0.25) is 0 Å². The van der Waals surface area contributed by atoms with Gasteiger partial charge in [-0.2, -0.15) is 5.10 Å². The molecule has 1 atom stereocenters. The van der Waals surface area contributed by atoms with Crippen molar-refractivity contribution in [3.8, 4) is 11.3 Å². The van der Waals surface area contributed by atoms with Crippen molar-refractivity contribution in [2.45, 2.75) is 26.3 Å². The first-order valence-corrected chi connectivity index (χ1v) is 5.99. The lowest BCUT2D eigenvalue weighted by Gasteiger charge is -2.03. The third-order valence-corrected chi connectivity index (χ3v) is 2.98. The van der Waals surface area contributed by atoms with Crippen LogP contribution in [0.25, 0.3) is 11.3 Å². The molecule has 1 N–H and O–H groups in total. The summed E-state index contributed by atoms with van der Waals surface area (Å²) in [4.78, 5) is 11.0. The predicted molar refractivity (Wildman–Crippen MR) is 69.4 cm³/mol. The lowest BCUT2D eigenvalue weighted by atomic mass is 10.1. The van der Waals surface area contributed by atoms with E-state index >= 15 is 0 Å². The number of carboxylic acid groups (broad SMARTS) is 1. The number of aliphatic carboxylic acids is 1. The summed E-state index contributed by atoms with van der Waals surface area (Å²) in [6, 6.07) is 11.7. The van der Waals surface area contributed by atoms with Gasteiger partial charge in [0, 0.05) is 6.54 Å². The molecule has 0 aliphatic rings. The number of aryl methyl sites for hydroxylation is 1. The SMILES string of the molecule is CCn1nc(C(C)C(=O)O)cc1-c1ccccc1. The van der Waals surface area contributed by atoms with Crippen LogP contribution in [0, 0.1) is 0 Å². The van der Waals surface area contributed by atoms with Crippen LogP contribution >= 0.6 is 0 Å². The number of carboxylic acids is 1. The molecule has 0 radical (unpaired) electrons. The van der Waals surface area contributed by atoms with Crippen molar-refractivity contribution in [3.63, 3.8) is 0 Å². The van der Waals surface area contributed by atoms with E-state index in [1.807, 2.05) is 48.0 Å². The fourth-order valence-corrected chi connectivity index (χ4v) is 1.86. The van der Waals surface area contributed by atoms with E-state index in [4.69, 9.17) is 5.11 Å². The second-order valence-electron chi connectivity index (χ2n) is 4.20. The van der Waals surface area contributed by atoms with Gasteiger partial charge in [-0.1, -0.05) is 30.3 Å². The van der Waals surface area contributed by atoms with Crippen molar-refractivity contribution >= 4 is 5.97 Å². The normalized spacial score (nSPS) is 12.3. The number of aromatic nitrogens is 2. The molecule has 0 aliphatic heterocycles. The maximum Gasteiger partial charge on any atom is 0.312 e. The molecule has 1 aromatic carbocycles. The molecule has 2 aromatic rings. The molecule has 18 heavy (non-hydrogen) atoms. The first-order valence-electron chi connectivity index (χ1n) is 5.99. The molecule has 1 unspecified atom stereocenters. The molecule has 1 heterocycles. The van der Waals surface area contributed by atoms with Crippen molar-refractivity contribution in [2.75, 3.05) is 0 Å². The summed E-state index contributed by atoms with van der Waals surface area (Å²) in [5, 5.41) is 13.4. The summed E-state index contributed by atoms with van der Waals surface area (Å²) in [6.07, 6.45) is 0. The fraction of sp³-hybridized carbons (Fsp3) is 0.286. The minimum atomic E-state index is -0.852. The lowest BCUT2D eigenvalue weighted by molar-refractivity contribution is -0.138. The van der Waals surface area contributed by atoms with Crippen molar-refractivity contribution in [2.24, 2.45) is 0 Å². The Bertz CT molecular complexity index is 546. The molecule has 1 aromatic heterocycles. The van der Waals surface area contributed by atoms with Gasteiger partial charge in [0.25, 0.3) is 0 Å². The molecular formula is C14H16N2O2. The van der Waals surface area contributed by atoms with Crippen LogP contribution in [0.4, 0.5) is 0 Å². The van der Waals surface area contributed by atoms with Gasteiger partial charge in [-0.25, -0.2) is 0 Å². The minimum Gasteiger partial charge on any atom is -0.481 e. The van der Waals surface area contributed by atoms with E-state index in [2.05, 4.69) is 5.10 Å². The van der Waals surface area contributed by atoms with Crippen LogP contribution in [0.1, 0.15) is 25.5 Å². The van der Waals surface area contributed by atoms with E-state index in [0.717, 1.165) is 17.8 Å². The van der Waals surface area contributed by atoms with E-state index < -0.39 is 11.9 Å².